The molecule has 1 heterocycles. The van der Waals surface area contributed by atoms with Crippen LogP contribution in [0.3, 0.4) is 0 Å². The summed E-state index contributed by atoms with van der Waals surface area (Å²) in [5.74, 6) is 0.909. The average molecular weight is 589 g/mol. The Labute approximate surface area is 252 Å². The molecular formula is C33H40N4O6. The van der Waals surface area contributed by atoms with Crippen LogP contribution in [0.15, 0.2) is 53.5 Å². The number of aromatic nitrogens is 1. The number of pyridine rings is 1. The number of nitrogens with zero attached hydrogens (tertiary/aromatic N) is 1. The summed E-state index contributed by atoms with van der Waals surface area (Å²) in [5, 5.41) is 9.18. The second kappa shape index (κ2) is 14.0. The molecule has 0 spiro atoms. The number of ether oxygens (including phenoxy) is 3. The van der Waals surface area contributed by atoms with E-state index in [0.29, 0.717) is 48.6 Å². The van der Waals surface area contributed by atoms with Crippen LogP contribution >= 0.6 is 0 Å². The van der Waals surface area contributed by atoms with Gasteiger partial charge in [0.25, 0.3) is 0 Å². The third-order valence-electron chi connectivity index (χ3n) is 7.58. The lowest BCUT2D eigenvalue weighted by atomic mass is 9.95. The molecule has 1 aliphatic rings. The van der Waals surface area contributed by atoms with Crippen LogP contribution in [0, 0.1) is 5.92 Å². The minimum absolute atomic E-state index is 0.109. The standard InChI is InChI=1S/C33H40N4O6/c1-19(2)30(33(40)35-16-14-22-9-7-8-15-34-22)37-26-13-11-23-24(18-27(26)39)25(36-20(3)38)12-10-21-17-28(41-4)31(42-5)32(43-6)29(21)23/h7-9,11,13,15,17-19,25,30H,10,12,14,16H2,1-6H3,(H,35,40)(H,36,38)(H,37,39)/t25-,30+/m0/s1. The van der Waals surface area contributed by atoms with Crippen LogP contribution in [0.1, 0.15) is 50.1 Å². The quantitative estimate of drug-likeness (QED) is 0.306. The molecule has 0 unspecified atom stereocenters. The molecule has 2 amide bonds. The monoisotopic (exact) mass is 588 g/mol. The van der Waals surface area contributed by atoms with Crippen LogP contribution < -0.4 is 35.6 Å². The summed E-state index contributed by atoms with van der Waals surface area (Å²) in [6, 6.07) is 11.6. The van der Waals surface area contributed by atoms with Crippen molar-refractivity contribution in [3.8, 4) is 28.4 Å². The van der Waals surface area contributed by atoms with E-state index >= 15 is 0 Å². The zero-order valence-corrected chi connectivity index (χ0v) is 25.6. The summed E-state index contributed by atoms with van der Waals surface area (Å²) in [6.45, 7) is 5.72. The van der Waals surface area contributed by atoms with E-state index in [9.17, 15) is 14.4 Å². The average Bonchev–Trinajstić information content (AvgIpc) is 3.23. The van der Waals surface area contributed by atoms with Crippen molar-refractivity contribution in [1.82, 2.24) is 15.6 Å². The maximum absolute atomic E-state index is 13.7. The smallest absolute Gasteiger partial charge is 0.242 e. The molecule has 1 aromatic heterocycles. The van der Waals surface area contributed by atoms with Crippen LogP contribution in [0.25, 0.3) is 11.1 Å². The molecule has 228 valence electrons. The highest BCUT2D eigenvalue weighted by Gasteiger charge is 2.30. The molecule has 10 heteroatoms. The molecule has 2 aromatic carbocycles. The molecule has 43 heavy (non-hydrogen) atoms. The fourth-order valence-electron chi connectivity index (χ4n) is 5.50. The zero-order valence-electron chi connectivity index (χ0n) is 25.6. The molecular weight excluding hydrogens is 548 g/mol. The Morgan fingerprint density at radius 1 is 1.02 bits per heavy atom. The Balaban J connectivity index is 1.75. The number of carbonyl (C=O) groups excluding carboxylic acids is 2. The molecule has 1 aliphatic carbocycles. The number of aryl methyl sites for hydroxylation is 1. The lowest BCUT2D eigenvalue weighted by molar-refractivity contribution is -0.122. The molecule has 0 fully saturated rings. The Bertz CT molecular complexity index is 1530. The highest BCUT2D eigenvalue weighted by Crippen LogP contribution is 2.50. The number of anilines is 1. The third kappa shape index (κ3) is 7.07. The fourth-order valence-corrected chi connectivity index (χ4v) is 5.50. The van der Waals surface area contributed by atoms with Gasteiger partial charge in [-0.05, 0) is 65.8 Å². The van der Waals surface area contributed by atoms with Crippen LogP contribution in [0.4, 0.5) is 5.69 Å². The number of benzene rings is 1. The number of amides is 2. The summed E-state index contributed by atoms with van der Waals surface area (Å²) in [5.41, 5.74) is 3.92. The summed E-state index contributed by atoms with van der Waals surface area (Å²) in [6.07, 6.45) is 3.47. The number of carbonyl (C=O) groups is 2. The third-order valence-corrected chi connectivity index (χ3v) is 7.58. The van der Waals surface area contributed by atoms with E-state index in [2.05, 4.69) is 20.9 Å². The molecule has 0 bridgehead atoms. The predicted octanol–water partition coefficient (Wildman–Crippen LogP) is 4.05. The van der Waals surface area contributed by atoms with Gasteiger partial charge in [0.05, 0.1) is 33.1 Å². The van der Waals surface area contributed by atoms with Gasteiger partial charge in [-0.3, -0.25) is 19.4 Å². The largest absolute Gasteiger partial charge is 0.493 e. The van der Waals surface area contributed by atoms with Gasteiger partial charge in [0.15, 0.2) is 11.5 Å². The first-order valence-corrected chi connectivity index (χ1v) is 14.4. The van der Waals surface area contributed by atoms with Gasteiger partial charge >= 0.3 is 0 Å². The summed E-state index contributed by atoms with van der Waals surface area (Å²) in [4.78, 5) is 43.5. The number of rotatable bonds is 11. The van der Waals surface area contributed by atoms with E-state index in [4.69, 9.17) is 14.2 Å². The first-order valence-electron chi connectivity index (χ1n) is 14.4. The molecule has 3 N–H and O–H groups in total. The van der Waals surface area contributed by atoms with Gasteiger partial charge in [-0.15, -0.1) is 0 Å². The zero-order chi connectivity index (χ0) is 31.1. The topological polar surface area (TPSA) is 128 Å². The fraction of sp³-hybridized carbons (Fsp3) is 0.394. The Morgan fingerprint density at radius 3 is 2.42 bits per heavy atom. The first kappa shape index (κ1) is 31.3. The van der Waals surface area contributed by atoms with Gasteiger partial charge in [-0.2, -0.15) is 0 Å². The van der Waals surface area contributed by atoms with Crippen molar-refractivity contribution in [1.29, 1.82) is 0 Å². The van der Waals surface area contributed by atoms with Crippen molar-refractivity contribution in [2.45, 2.75) is 52.1 Å². The van der Waals surface area contributed by atoms with Crippen LogP contribution in [0.2, 0.25) is 0 Å². The van der Waals surface area contributed by atoms with Gasteiger partial charge in [-0.25, -0.2) is 0 Å². The van der Waals surface area contributed by atoms with Crippen molar-refractivity contribution in [2.24, 2.45) is 5.92 Å². The Kier molecular flexibility index (Phi) is 10.2. The molecule has 2 atom stereocenters. The summed E-state index contributed by atoms with van der Waals surface area (Å²) in [7, 11) is 4.67. The highest BCUT2D eigenvalue weighted by atomic mass is 16.5. The van der Waals surface area contributed by atoms with E-state index in [-0.39, 0.29) is 28.8 Å². The van der Waals surface area contributed by atoms with Crippen molar-refractivity contribution >= 4 is 17.5 Å². The number of hydrogen-bond donors (Lipinski definition) is 3. The van der Waals surface area contributed by atoms with E-state index in [1.807, 2.05) is 44.2 Å². The normalized spacial score (nSPS) is 14.4. The Morgan fingerprint density at radius 2 is 1.79 bits per heavy atom. The van der Waals surface area contributed by atoms with Crippen molar-refractivity contribution < 1.29 is 23.8 Å². The van der Waals surface area contributed by atoms with Gasteiger partial charge < -0.3 is 30.2 Å². The molecule has 3 aromatic rings. The highest BCUT2D eigenvalue weighted by molar-refractivity contribution is 5.86. The van der Waals surface area contributed by atoms with Crippen molar-refractivity contribution in [3.63, 3.8) is 0 Å². The predicted molar refractivity (Wildman–Crippen MR) is 166 cm³/mol. The molecule has 0 saturated heterocycles. The second-order valence-corrected chi connectivity index (χ2v) is 10.8. The SMILES string of the molecule is COc1cc2c(c(OC)c1OC)-c1ccc(N[C@@H](C(=O)NCCc3ccccn3)C(C)C)c(=O)cc1[C@@H](NC(C)=O)CC2. The van der Waals surface area contributed by atoms with Crippen molar-refractivity contribution in [2.75, 3.05) is 33.2 Å². The summed E-state index contributed by atoms with van der Waals surface area (Å²) < 4.78 is 17.1. The number of methoxy groups -OCH3 is 3. The maximum atomic E-state index is 13.7. The lowest BCUT2D eigenvalue weighted by Gasteiger charge is -2.22. The van der Waals surface area contributed by atoms with Crippen LogP contribution in [-0.2, 0) is 22.4 Å². The van der Waals surface area contributed by atoms with Crippen LogP contribution in [0.5, 0.6) is 17.2 Å². The molecule has 0 radical (unpaired) electrons. The number of nitrogens with one attached hydrogen (secondary N) is 3. The van der Waals surface area contributed by atoms with Gasteiger partial charge in [-0.1, -0.05) is 26.0 Å². The minimum Gasteiger partial charge on any atom is -0.493 e. The maximum Gasteiger partial charge on any atom is 0.242 e. The van der Waals surface area contributed by atoms with E-state index in [0.717, 1.165) is 22.4 Å². The molecule has 0 saturated carbocycles. The van der Waals surface area contributed by atoms with Gasteiger partial charge in [0, 0.05) is 37.3 Å². The van der Waals surface area contributed by atoms with Gasteiger partial charge in [0.1, 0.15) is 6.04 Å². The first-order chi connectivity index (χ1) is 20.7. The number of fused-ring (bicyclic) bond motifs is 3. The number of hydrogen-bond acceptors (Lipinski definition) is 8. The second-order valence-electron chi connectivity index (χ2n) is 10.8. The molecule has 0 aliphatic heterocycles. The molecule has 4 rings (SSSR count). The lowest BCUT2D eigenvalue weighted by Crippen LogP contribution is -2.44. The van der Waals surface area contributed by atoms with Gasteiger partial charge in [0.2, 0.25) is 23.0 Å². The van der Waals surface area contributed by atoms with E-state index in [1.165, 1.54) is 6.92 Å². The Hall–Kier alpha value is -4.60. The summed E-state index contributed by atoms with van der Waals surface area (Å²) >= 11 is 0. The van der Waals surface area contributed by atoms with E-state index in [1.54, 1.807) is 39.7 Å². The van der Waals surface area contributed by atoms with Crippen molar-refractivity contribution in [3.05, 3.63) is 75.7 Å². The molecule has 10 nitrogen and oxygen atoms in total. The van der Waals surface area contributed by atoms with E-state index < -0.39 is 12.1 Å². The minimum atomic E-state index is -0.657. The van der Waals surface area contributed by atoms with Crippen LogP contribution in [-0.4, -0.2) is 50.7 Å².